The van der Waals surface area contributed by atoms with Gasteiger partial charge in [0.05, 0.1) is 26.2 Å². The van der Waals surface area contributed by atoms with Crippen molar-refractivity contribution in [2.24, 2.45) is 5.92 Å². The fraction of sp³-hybridized carbons (Fsp3) is 0.500. The van der Waals surface area contributed by atoms with Gasteiger partial charge in [-0.25, -0.2) is 18.1 Å². The van der Waals surface area contributed by atoms with E-state index in [9.17, 15) is 18.0 Å². The van der Waals surface area contributed by atoms with Crippen molar-refractivity contribution >= 4 is 28.0 Å². The van der Waals surface area contributed by atoms with Crippen molar-refractivity contribution in [3.8, 4) is 0 Å². The molecular formula is C20H27N4O4S+. The fourth-order valence-electron chi connectivity index (χ4n) is 4.05. The van der Waals surface area contributed by atoms with Crippen LogP contribution in [0.4, 0.5) is 4.79 Å². The summed E-state index contributed by atoms with van der Waals surface area (Å²) < 4.78 is 26.6. The number of hydrogen-bond acceptors (Lipinski definition) is 4. The zero-order valence-electron chi connectivity index (χ0n) is 16.5. The molecule has 156 valence electrons. The van der Waals surface area contributed by atoms with E-state index in [0.717, 1.165) is 23.3 Å². The summed E-state index contributed by atoms with van der Waals surface area (Å²) in [6.07, 6.45) is 3.53. The molecule has 9 heteroatoms. The molecule has 8 nitrogen and oxygen atoms in total. The Morgan fingerprint density at radius 1 is 1.17 bits per heavy atom. The van der Waals surface area contributed by atoms with Crippen LogP contribution in [-0.4, -0.2) is 67.9 Å². The minimum atomic E-state index is -3.50. The molecule has 3 amide bonds. The summed E-state index contributed by atoms with van der Waals surface area (Å²) in [5, 5.41) is 4.10. The van der Waals surface area contributed by atoms with Crippen LogP contribution >= 0.6 is 0 Å². The highest BCUT2D eigenvalue weighted by Gasteiger charge is 2.56. The van der Waals surface area contributed by atoms with E-state index in [-0.39, 0.29) is 24.5 Å². The summed E-state index contributed by atoms with van der Waals surface area (Å²) in [5.74, 6) is 0.0793. The minimum absolute atomic E-state index is 0.154. The topological polar surface area (TPSA) is 91.2 Å². The van der Waals surface area contributed by atoms with Crippen LogP contribution in [0.3, 0.4) is 0 Å². The van der Waals surface area contributed by atoms with E-state index in [2.05, 4.69) is 5.32 Å². The Hall–Kier alpha value is -2.23. The van der Waals surface area contributed by atoms with Gasteiger partial charge in [0.15, 0.2) is 6.67 Å². The summed E-state index contributed by atoms with van der Waals surface area (Å²) in [6.45, 7) is 3.91. The predicted octanol–water partition coefficient (Wildman–Crippen LogP) is -0.134. The number of carbonyl (C=O) groups excluding carboxylic acids is 2. The lowest BCUT2D eigenvalue weighted by Crippen LogP contribution is -3.16. The summed E-state index contributed by atoms with van der Waals surface area (Å²) in [5.41, 5.74) is 0.0572. The average Bonchev–Trinajstić information content (AvgIpc) is 3.54. The smallest absolute Gasteiger partial charge is 0.323 e. The van der Waals surface area contributed by atoms with Crippen molar-refractivity contribution in [2.75, 3.05) is 32.8 Å². The zero-order valence-corrected chi connectivity index (χ0v) is 17.3. The van der Waals surface area contributed by atoms with Gasteiger partial charge in [0.2, 0.25) is 10.0 Å². The lowest BCUT2D eigenvalue weighted by Gasteiger charge is -2.32. The highest BCUT2D eigenvalue weighted by Crippen LogP contribution is 2.42. The van der Waals surface area contributed by atoms with Crippen LogP contribution in [0.15, 0.2) is 35.7 Å². The second-order valence-electron chi connectivity index (χ2n) is 8.21. The van der Waals surface area contributed by atoms with Gasteiger partial charge in [-0.3, -0.25) is 4.79 Å². The maximum Gasteiger partial charge on any atom is 0.329 e. The summed E-state index contributed by atoms with van der Waals surface area (Å²) in [7, 11) is -3.50. The maximum absolute atomic E-state index is 12.8. The second kappa shape index (κ2) is 7.55. The van der Waals surface area contributed by atoms with Crippen molar-refractivity contribution in [1.82, 2.24) is 14.5 Å². The molecule has 3 aliphatic rings. The zero-order chi connectivity index (χ0) is 20.6. The van der Waals surface area contributed by atoms with Gasteiger partial charge in [0.1, 0.15) is 5.54 Å². The second-order valence-corrected chi connectivity index (χ2v) is 10.0. The quantitative estimate of drug-likeness (QED) is 0.629. The number of hydrogen-bond donors (Lipinski definition) is 2. The van der Waals surface area contributed by atoms with E-state index in [0.29, 0.717) is 26.2 Å². The van der Waals surface area contributed by atoms with Gasteiger partial charge in [0.25, 0.3) is 5.91 Å². The van der Waals surface area contributed by atoms with Gasteiger partial charge in [-0.05, 0) is 37.3 Å². The molecule has 1 saturated carbocycles. The van der Waals surface area contributed by atoms with Crippen LogP contribution in [-0.2, 0) is 14.8 Å². The van der Waals surface area contributed by atoms with Crippen molar-refractivity contribution in [3.63, 3.8) is 0 Å². The van der Waals surface area contributed by atoms with Crippen molar-refractivity contribution < 1.29 is 22.9 Å². The number of quaternary nitrogens is 1. The molecule has 2 heterocycles. The molecule has 3 fully saturated rings. The Morgan fingerprint density at radius 3 is 2.45 bits per heavy atom. The molecule has 1 aromatic carbocycles. The number of nitrogens with zero attached hydrogens (tertiary/aromatic N) is 2. The number of imide groups is 1. The van der Waals surface area contributed by atoms with Crippen LogP contribution < -0.4 is 10.2 Å². The van der Waals surface area contributed by atoms with Gasteiger partial charge in [-0.1, -0.05) is 30.3 Å². The van der Waals surface area contributed by atoms with Gasteiger partial charge in [0, 0.05) is 5.41 Å². The third kappa shape index (κ3) is 4.08. The first-order chi connectivity index (χ1) is 13.8. The molecule has 1 aliphatic carbocycles. The third-order valence-corrected chi connectivity index (χ3v) is 7.66. The molecule has 1 aromatic rings. The van der Waals surface area contributed by atoms with Crippen molar-refractivity contribution in [3.05, 3.63) is 41.3 Å². The third-order valence-electron chi connectivity index (χ3n) is 6.10. The SMILES string of the molecule is C[C@@]1(C2CC2)NC(=O)N(C[NH+]2CCN(S(=O)(=O)/C=C/c3ccccc3)CC2)C1=O. The normalized spacial score (nSPS) is 27.0. The lowest BCUT2D eigenvalue weighted by atomic mass is 9.96. The lowest BCUT2D eigenvalue weighted by molar-refractivity contribution is -0.910. The number of nitrogens with one attached hydrogen (secondary N) is 2. The molecule has 4 rings (SSSR count). The summed E-state index contributed by atoms with van der Waals surface area (Å²) >= 11 is 0. The maximum atomic E-state index is 12.8. The van der Waals surface area contributed by atoms with Gasteiger partial charge >= 0.3 is 6.03 Å². The number of urea groups is 1. The Balaban J connectivity index is 1.33. The minimum Gasteiger partial charge on any atom is -0.323 e. The highest BCUT2D eigenvalue weighted by atomic mass is 32.2. The van der Waals surface area contributed by atoms with Crippen molar-refractivity contribution in [2.45, 2.75) is 25.3 Å². The summed E-state index contributed by atoms with van der Waals surface area (Å²) in [4.78, 5) is 27.4. The molecule has 0 radical (unpaired) electrons. The van der Waals surface area contributed by atoms with E-state index in [1.54, 1.807) is 6.08 Å². The highest BCUT2D eigenvalue weighted by molar-refractivity contribution is 7.92. The standard InChI is InChI=1S/C20H26N4O4S/c1-20(17-7-8-17)18(25)24(19(26)21-20)15-22-10-12-23(13-11-22)29(27,28)14-9-16-5-3-2-4-6-16/h2-6,9,14,17H,7-8,10-13,15H2,1H3,(H,21,26)/p+1/b14-9+/t20-/m0/s1. The molecule has 0 spiro atoms. The molecule has 29 heavy (non-hydrogen) atoms. The Bertz CT molecular complexity index is 921. The van der Waals surface area contributed by atoms with E-state index < -0.39 is 15.6 Å². The van der Waals surface area contributed by atoms with Gasteiger partial charge in [-0.15, -0.1) is 0 Å². The molecule has 0 unspecified atom stereocenters. The van der Waals surface area contributed by atoms with E-state index in [1.807, 2.05) is 37.3 Å². The van der Waals surface area contributed by atoms with Crippen LogP contribution in [0, 0.1) is 5.92 Å². The summed E-state index contributed by atoms with van der Waals surface area (Å²) in [6, 6.07) is 8.96. The average molecular weight is 420 g/mol. The van der Waals surface area contributed by atoms with Crippen LogP contribution in [0.5, 0.6) is 0 Å². The first kappa shape index (κ1) is 20.1. The van der Waals surface area contributed by atoms with Crippen LogP contribution in [0.1, 0.15) is 25.3 Å². The van der Waals surface area contributed by atoms with Gasteiger partial charge in [-0.2, -0.15) is 4.31 Å². The first-order valence-electron chi connectivity index (χ1n) is 10.0. The molecule has 2 saturated heterocycles. The molecule has 0 bridgehead atoms. The monoisotopic (exact) mass is 419 g/mol. The van der Waals surface area contributed by atoms with Crippen LogP contribution in [0.2, 0.25) is 0 Å². The van der Waals surface area contributed by atoms with Crippen molar-refractivity contribution in [1.29, 1.82) is 0 Å². The van der Waals surface area contributed by atoms with Crippen LogP contribution in [0.25, 0.3) is 6.08 Å². The molecule has 1 atom stereocenters. The molecule has 0 aromatic heterocycles. The Labute approximate surface area is 171 Å². The molecule has 2 N–H and O–H groups in total. The van der Waals surface area contributed by atoms with Gasteiger partial charge < -0.3 is 10.2 Å². The molecular weight excluding hydrogens is 392 g/mol. The Morgan fingerprint density at radius 2 is 1.83 bits per heavy atom. The number of carbonyl (C=O) groups is 2. The number of sulfonamides is 1. The first-order valence-corrected chi connectivity index (χ1v) is 11.5. The molecule has 2 aliphatic heterocycles. The van der Waals surface area contributed by atoms with E-state index in [1.165, 1.54) is 14.6 Å². The van der Waals surface area contributed by atoms with E-state index >= 15 is 0 Å². The number of piperazine rings is 1. The fourth-order valence-corrected chi connectivity index (χ4v) is 5.24. The van der Waals surface area contributed by atoms with E-state index in [4.69, 9.17) is 0 Å². The number of amides is 3. The number of rotatable bonds is 6. The predicted molar refractivity (Wildman–Crippen MR) is 108 cm³/mol. The Kier molecular flexibility index (Phi) is 5.22. The number of benzene rings is 1. The largest absolute Gasteiger partial charge is 0.329 e.